The van der Waals surface area contributed by atoms with Crippen molar-refractivity contribution in [3.63, 3.8) is 0 Å². The van der Waals surface area contributed by atoms with Gasteiger partial charge in [0.2, 0.25) is 0 Å². The first-order valence-corrected chi connectivity index (χ1v) is 10.4. The number of benzene rings is 2. The van der Waals surface area contributed by atoms with E-state index in [1.54, 1.807) is 7.11 Å². The molecule has 2 aromatic carbocycles. The molecule has 148 valence electrons. The van der Waals surface area contributed by atoms with Crippen LogP contribution in [0.25, 0.3) is 33.1 Å². The summed E-state index contributed by atoms with van der Waals surface area (Å²) in [4.78, 5) is 7.00. The number of pyridine rings is 1. The number of para-hydroxylation sites is 1. The van der Waals surface area contributed by atoms with Crippen LogP contribution in [0.1, 0.15) is 25.3 Å². The van der Waals surface area contributed by atoms with Crippen molar-refractivity contribution >= 4 is 21.7 Å². The minimum absolute atomic E-state index is 0.829. The highest BCUT2D eigenvalue weighted by molar-refractivity contribution is 5.97. The third-order valence-electron chi connectivity index (χ3n) is 6.12. The maximum Gasteiger partial charge on any atom is 0.137 e. The van der Waals surface area contributed by atoms with Gasteiger partial charge in [-0.3, -0.25) is 9.88 Å². The van der Waals surface area contributed by atoms with E-state index in [1.165, 1.54) is 18.4 Å². The number of nitrogens with zero attached hydrogens (tertiary/aromatic N) is 2. The van der Waals surface area contributed by atoms with Gasteiger partial charge in [0, 0.05) is 40.8 Å². The molecule has 0 spiro atoms. The van der Waals surface area contributed by atoms with Crippen LogP contribution in [0.5, 0.6) is 5.75 Å². The molecule has 4 nitrogen and oxygen atoms in total. The van der Waals surface area contributed by atoms with Crippen LogP contribution in [0, 0.1) is 5.92 Å². The van der Waals surface area contributed by atoms with Crippen LogP contribution in [0.15, 0.2) is 59.3 Å². The Hall–Kier alpha value is -2.85. The fourth-order valence-corrected chi connectivity index (χ4v) is 4.33. The SMILES string of the molecule is COc1cc2cncc(-c3cc4ccccc4o3)c2cc1CN1CCC(C)CC1. The third-order valence-corrected chi connectivity index (χ3v) is 6.12. The van der Waals surface area contributed by atoms with Crippen LogP contribution in [0.4, 0.5) is 0 Å². The number of rotatable bonds is 4. The van der Waals surface area contributed by atoms with Crippen molar-refractivity contribution in [2.45, 2.75) is 26.3 Å². The number of fused-ring (bicyclic) bond motifs is 2. The summed E-state index contributed by atoms with van der Waals surface area (Å²) in [6.45, 7) is 5.55. The van der Waals surface area contributed by atoms with Crippen molar-refractivity contribution in [1.82, 2.24) is 9.88 Å². The summed E-state index contributed by atoms with van der Waals surface area (Å²) in [5.41, 5.74) is 3.14. The van der Waals surface area contributed by atoms with E-state index in [2.05, 4.69) is 41.1 Å². The predicted molar refractivity (Wildman–Crippen MR) is 117 cm³/mol. The van der Waals surface area contributed by atoms with E-state index < -0.39 is 0 Å². The summed E-state index contributed by atoms with van der Waals surface area (Å²) in [5.74, 6) is 2.61. The summed E-state index contributed by atoms with van der Waals surface area (Å²) < 4.78 is 11.9. The Labute approximate surface area is 171 Å². The molecule has 5 rings (SSSR count). The number of methoxy groups -OCH3 is 1. The van der Waals surface area contributed by atoms with Gasteiger partial charge in [-0.15, -0.1) is 0 Å². The Bertz CT molecular complexity index is 1120. The molecule has 0 unspecified atom stereocenters. The molecular formula is C25H26N2O2. The molecule has 0 N–H and O–H groups in total. The van der Waals surface area contributed by atoms with Crippen molar-refractivity contribution in [3.05, 3.63) is 60.4 Å². The minimum Gasteiger partial charge on any atom is -0.496 e. The molecule has 3 heterocycles. The zero-order valence-electron chi connectivity index (χ0n) is 17.0. The molecule has 0 amide bonds. The van der Waals surface area contributed by atoms with Crippen LogP contribution >= 0.6 is 0 Å². The number of ether oxygens (including phenoxy) is 1. The van der Waals surface area contributed by atoms with Crippen LogP contribution in [0.3, 0.4) is 0 Å². The zero-order chi connectivity index (χ0) is 19.8. The molecule has 4 heteroatoms. The van der Waals surface area contributed by atoms with E-state index in [-0.39, 0.29) is 0 Å². The van der Waals surface area contributed by atoms with E-state index in [1.807, 2.05) is 30.6 Å². The van der Waals surface area contributed by atoms with Gasteiger partial charge in [0.25, 0.3) is 0 Å². The molecule has 1 saturated heterocycles. The van der Waals surface area contributed by atoms with Crippen LogP contribution < -0.4 is 4.74 Å². The van der Waals surface area contributed by atoms with E-state index in [9.17, 15) is 0 Å². The summed E-state index contributed by atoms with van der Waals surface area (Å²) in [6, 6.07) is 14.6. The second-order valence-corrected chi connectivity index (χ2v) is 8.18. The molecule has 0 bridgehead atoms. The van der Waals surface area contributed by atoms with E-state index in [0.29, 0.717) is 0 Å². The smallest absolute Gasteiger partial charge is 0.137 e. The predicted octanol–water partition coefficient (Wildman–Crippen LogP) is 5.89. The highest BCUT2D eigenvalue weighted by atomic mass is 16.5. The molecule has 0 aliphatic carbocycles. The topological polar surface area (TPSA) is 38.5 Å². The van der Waals surface area contributed by atoms with Crippen LogP contribution in [-0.2, 0) is 6.54 Å². The first-order valence-electron chi connectivity index (χ1n) is 10.4. The first kappa shape index (κ1) is 18.2. The first-order chi connectivity index (χ1) is 14.2. The maximum absolute atomic E-state index is 6.14. The van der Waals surface area contributed by atoms with Gasteiger partial charge in [0.05, 0.1) is 7.11 Å². The Morgan fingerprint density at radius 3 is 2.69 bits per heavy atom. The Kier molecular flexibility index (Phi) is 4.72. The zero-order valence-corrected chi connectivity index (χ0v) is 17.0. The van der Waals surface area contributed by atoms with E-state index >= 15 is 0 Å². The molecule has 0 radical (unpaired) electrons. The van der Waals surface area contributed by atoms with Crippen molar-refractivity contribution in [1.29, 1.82) is 0 Å². The molecular weight excluding hydrogens is 360 g/mol. The summed E-state index contributed by atoms with van der Waals surface area (Å²) in [5, 5.41) is 3.33. The fourth-order valence-electron chi connectivity index (χ4n) is 4.33. The van der Waals surface area contributed by atoms with Gasteiger partial charge in [0.15, 0.2) is 0 Å². The molecule has 0 atom stereocenters. The lowest BCUT2D eigenvalue weighted by molar-refractivity contribution is 0.183. The molecule has 2 aromatic heterocycles. The summed E-state index contributed by atoms with van der Waals surface area (Å²) in [6.07, 6.45) is 6.34. The standard InChI is InChI=1S/C25H26N2O2/c1-17-7-9-27(10-8-17)16-20-11-21-19(13-24(20)28-2)14-26-15-22(21)25-12-18-5-3-4-6-23(18)29-25/h3-6,11-15,17H,7-10,16H2,1-2H3. The number of piperidine rings is 1. The van der Waals surface area contributed by atoms with Gasteiger partial charge in [-0.1, -0.05) is 25.1 Å². The van der Waals surface area contributed by atoms with E-state index in [4.69, 9.17) is 9.15 Å². The van der Waals surface area contributed by atoms with Gasteiger partial charge in [-0.25, -0.2) is 0 Å². The average molecular weight is 386 g/mol. The van der Waals surface area contributed by atoms with Crippen molar-refractivity contribution < 1.29 is 9.15 Å². The monoisotopic (exact) mass is 386 g/mol. The minimum atomic E-state index is 0.829. The second kappa shape index (κ2) is 7.53. The molecule has 1 aliphatic rings. The number of aromatic nitrogens is 1. The average Bonchev–Trinajstić information content (AvgIpc) is 3.18. The lowest BCUT2D eigenvalue weighted by Gasteiger charge is -2.30. The largest absolute Gasteiger partial charge is 0.496 e. The Balaban J connectivity index is 1.58. The second-order valence-electron chi connectivity index (χ2n) is 8.18. The normalized spacial score (nSPS) is 15.9. The van der Waals surface area contributed by atoms with Crippen LogP contribution in [-0.4, -0.2) is 30.1 Å². The lowest BCUT2D eigenvalue weighted by Crippen LogP contribution is -2.32. The summed E-state index contributed by atoms with van der Waals surface area (Å²) >= 11 is 0. The van der Waals surface area contributed by atoms with Gasteiger partial charge in [-0.05, 0) is 61.5 Å². The molecule has 0 saturated carbocycles. The molecule has 1 aliphatic heterocycles. The number of likely N-dealkylation sites (tertiary alicyclic amines) is 1. The van der Waals surface area contributed by atoms with Gasteiger partial charge in [0.1, 0.15) is 17.1 Å². The number of hydrogen-bond donors (Lipinski definition) is 0. The van der Waals surface area contributed by atoms with E-state index in [0.717, 1.165) is 64.4 Å². The van der Waals surface area contributed by atoms with Crippen LogP contribution in [0.2, 0.25) is 0 Å². The number of hydrogen-bond acceptors (Lipinski definition) is 4. The van der Waals surface area contributed by atoms with Crippen molar-refractivity contribution in [2.75, 3.05) is 20.2 Å². The van der Waals surface area contributed by atoms with Gasteiger partial charge >= 0.3 is 0 Å². The number of furan rings is 1. The quantitative estimate of drug-likeness (QED) is 0.438. The third kappa shape index (κ3) is 3.49. The Morgan fingerprint density at radius 1 is 1.07 bits per heavy atom. The summed E-state index contributed by atoms with van der Waals surface area (Å²) in [7, 11) is 1.75. The Morgan fingerprint density at radius 2 is 1.90 bits per heavy atom. The lowest BCUT2D eigenvalue weighted by atomic mass is 9.97. The molecule has 4 aromatic rings. The van der Waals surface area contributed by atoms with Crippen molar-refractivity contribution in [2.24, 2.45) is 5.92 Å². The fraction of sp³-hybridized carbons (Fsp3) is 0.320. The highest BCUT2D eigenvalue weighted by Gasteiger charge is 2.19. The highest BCUT2D eigenvalue weighted by Crippen LogP contribution is 2.36. The molecule has 1 fully saturated rings. The maximum atomic E-state index is 6.14. The molecule has 29 heavy (non-hydrogen) atoms. The van der Waals surface area contributed by atoms with Crippen molar-refractivity contribution in [3.8, 4) is 17.1 Å². The van der Waals surface area contributed by atoms with Gasteiger partial charge < -0.3 is 9.15 Å². The van der Waals surface area contributed by atoms with Gasteiger partial charge in [-0.2, -0.15) is 0 Å².